The third kappa shape index (κ3) is 6.76. The number of hydrogen-bond acceptors (Lipinski definition) is 3. The summed E-state index contributed by atoms with van der Waals surface area (Å²) in [7, 11) is 7.06. The maximum Gasteiger partial charge on any atom is 0.243 e. The smallest absolute Gasteiger partial charge is 0.243 e. The normalized spacial score (nSPS) is 15.7. The van der Waals surface area contributed by atoms with Crippen LogP contribution in [0.25, 0.3) is 0 Å². The Bertz CT molecular complexity index is 694. The van der Waals surface area contributed by atoms with E-state index < -0.39 is 5.41 Å². The highest BCUT2D eigenvalue weighted by Crippen LogP contribution is 2.38. The summed E-state index contributed by atoms with van der Waals surface area (Å²) < 4.78 is 0. The van der Waals surface area contributed by atoms with Crippen LogP contribution in [0.2, 0.25) is 0 Å². The van der Waals surface area contributed by atoms with Gasteiger partial charge in [-0.2, -0.15) is 0 Å². The highest BCUT2D eigenvalue weighted by molar-refractivity contribution is 5.86. The third-order valence-electron chi connectivity index (χ3n) is 5.43. The van der Waals surface area contributed by atoms with Gasteiger partial charge in [-0.1, -0.05) is 43.2 Å². The van der Waals surface area contributed by atoms with Crippen LogP contribution in [0.15, 0.2) is 35.3 Å². The lowest BCUT2D eigenvalue weighted by molar-refractivity contribution is -0.138. The summed E-state index contributed by atoms with van der Waals surface area (Å²) in [6, 6.07) is 10.2. The summed E-state index contributed by atoms with van der Waals surface area (Å²) in [5.41, 5.74) is 0.843. The predicted octanol–water partition coefficient (Wildman–Crippen LogP) is 1.50. The van der Waals surface area contributed by atoms with E-state index in [1.54, 1.807) is 19.0 Å². The summed E-state index contributed by atoms with van der Waals surface area (Å²) in [4.78, 5) is 32.4. The number of rotatable bonds is 8. The van der Waals surface area contributed by atoms with Gasteiger partial charge in [0.25, 0.3) is 0 Å². The Kier molecular flexibility index (Phi) is 8.49. The molecule has 1 aliphatic carbocycles. The van der Waals surface area contributed by atoms with E-state index in [0.717, 1.165) is 32.1 Å². The molecule has 0 aliphatic heterocycles. The van der Waals surface area contributed by atoms with Crippen molar-refractivity contribution in [1.82, 2.24) is 20.4 Å². The summed E-state index contributed by atoms with van der Waals surface area (Å²) in [6.07, 6.45) is 4.74. The minimum Gasteiger partial charge on any atom is -0.356 e. The van der Waals surface area contributed by atoms with Crippen LogP contribution < -0.4 is 10.6 Å². The van der Waals surface area contributed by atoms with Crippen LogP contribution in [-0.2, 0) is 16.0 Å². The molecule has 0 unspecified atom stereocenters. The van der Waals surface area contributed by atoms with Crippen molar-refractivity contribution in [2.24, 2.45) is 10.4 Å². The molecule has 0 bridgehead atoms. The van der Waals surface area contributed by atoms with E-state index in [0.29, 0.717) is 19.0 Å². The fourth-order valence-corrected chi connectivity index (χ4v) is 3.68. The molecule has 1 saturated carbocycles. The van der Waals surface area contributed by atoms with Crippen LogP contribution in [0.1, 0.15) is 31.2 Å². The van der Waals surface area contributed by atoms with E-state index in [4.69, 9.17) is 0 Å². The molecule has 0 atom stereocenters. The second kappa shape index (κ2) is 10.8. The van der Waals surface area contributed by atoms with Crippen molar-refractivity contribution in [1.29, 1.82) is 0 Å². The van der Waals surface area contributed by atoms with Crippen molar-refractivity contribution in [3.05, 3.63) is 35.9 Å². The molecule has 2 N–H and O–H groups in total. The molecule has 1 aliphatic rings. The topological polar surface area (TPSA) is 77.0 Å². The molecule has 1 aromatic rings. The molecule has 2 rings (SSSR count). The van der Waals surface area contributed by atoms with Crippen LogP contribution >= 0.6 is 0 Å². The summed E-state index contributed by atoms with van der Waals surface area (Å²) in [5.74, 6) is 0.679. The Hall–Kier alpha value is -2.57. The van der Waals surface area contributed by atoms with Gasteiger partial charge in [-0.25, -0.2) is 4.99 Å². The number of carbonyl (C=O) groups excluding carboxylic acids is 2. The van der Waals surface area contributed by atoms with Gasteiger partial charge in [0.05, 0.1) is 5.41 Å². The number of amides is 2. The van der Waals surface area contributed by atoms with Gasteiger partial charge in [0.1, 0.15) is 6.54 Å². The van der Waals surface area contributed by atoms with E-state index >= 15 is 0 Å². The van der Waals surface area contributed by atoms with Gasteiger partial charge < -0.3 is 20.4 Å². The maximum absolute atomic E-state index is 12.8. The number of nitrogens with one attached hydrogen (secondary N) is 2. The Balaban J connectivity index is 2.02. The lowest BCUT2D eigenvalue weighted by Gasteiger charge is -2.31. The van der Waals surface area contributed by atoms with Crippen molar-refractivity contribution in [2.75, 3.05) is 47.8 Å². The molecule has 2 amide bonds. The Morgan fingerprint density at radius 1 is 1.00 bits per heavy atom. The minimum atomic E-state index is -0.392. The van der Waals surface area contributed by atoms with Gasteiger partial charge in [-0.05, 0) is 24.8 Å². The Labute approximate surface area is 174 Å². The molecule has 1 aromatic carbocycles. The van der Waals surface area contributed by atoms with Gasteiger partial charge in [0, 0.05) is 41.3 Å². The number of benzene rings is 1. The number of aliphatic imine (C=N–C) groups is 1. The molecule has 0 saturated heterocycles. The number of likely N-dealkylation sites (N-methyl/N-ethyl adjacent to an activating group) is 1. The Morgan fingerprint density at radius 2 is 1.66 bits per heavy atom. The molecule has 1 fully saturated rings. The SMILES string of the molecule is CN(C)C(=O)CN=C(NCCc1ccccc1)NCC1(C(=O)N(C)C)CCCC1. The van der Waals surface area contributed by atoms with E-state index in [2.05, 4.69) is 27.8 Å². The van der Waals surface area contributed by atoms with Crippen LogP contribution in [-0.4, -0.2) is 75.4 Å². The molecular weight excluding hydrogens is 366 g/mol. The lowest BCUT2D eigenvalue weighted by Crippen LogP contribution is -2.49. The number of guanidine groups is 1. The van der Waals surface area contributed by atoms with Crippen molar-refractivity contribution >= 4 is 17.8 Å². The quantitative estimate of drug-likeness (QED) is 0.511. The molecule has 0 aromatic heterocycles. The number of carbonyl (C=O) groups is 2. The second-order valence-electron chi connectivity index (χ2n) is 8.16. The molecule has 29 heavy (non-hydrogen) atoms. The second-order valence-corrected chi connectivity index (χ2v) is 8.16. The van der Waals surface area contributed by atoms with Crippen LogP contribution in [0.5, 0.6) is 0 Å². The predicted molar refractivity (Wildman–Crippen MR) is 117 cm³/mol. The first kappa shape index (κ1) is 22.7. The average Bonchev–Trinajstić information content (AvgIpc) is 3.19. The monoisotopic (exact) mass is 401 g/mol. The zero-order valence-corrected chi connectivity index (χ0v) is 18.2. The number of nitrogens with zero attached hydrogens (tertiary/aromatic N) is 3. The van der Waals surface area contributed by atoms with Gasteiger partial charge >= 0.3 is 0 Å². The first-order valence-corrected chi connectivity index (χ1v) is 10.3. The van der Waals surface area contributed by atoms with Gasteiger partial charge in [-0.3, -0.25) is 9.59 Å². The van der Waals surface area contributed by atoms with E-state index in [9.17, 15) is 9.59 Å². The molecular formula is C22H35N5O2. The van der Waals surface area contributed by atoms with E-state index in [1.807, 2.05) is 32.3 Å². The van der Waals surface area contributed by atoms with Crippen LogP contribution in [0, 0.1) is 5.41 Å². The fraction of sp³-hybridized carbons (Fsp3) is 0.591. The van der Waals surface area contributed by atoms with Crippen molar-refractivity contribution in [2.45, 2.75) is 32.1 Å². The van der Waals surface area contributed by atoms with E-state index in [-0.39, 0.29) is 18.4 Å². The number of hydrogen-bond donors (Lipinski definition) is 2. The highest BCUT2D eigenvalue weighted by atomic mass is 16.2. The maximum atomic E-state index is 12.8. The van der Waals surface area contributed by atoms with Gasteiger partial charge in [-0.15, -0.1) is 0 Å². The average molecular weight is 402 g/mol. The molecule has 0 spiro atoms. The fourth-order valence-electron chi connectivity index (χ4n) is 3.68. The molecule has 0 heterocycles. The summed E-state index contributed by atoms with van der Waals surface area (Å²) in [6.45, 7) is 1.29. The van der Waals surface area contributed by atoms with Gasteiger partial charge in [0.2, 0.25) is 11.8 Å². The van der Waals surface area contributed by atoms with Crippen molar-refractivity contribution in [3.63, 3.8) is 0 Å². The van der Waals surface area contributed by atoms with Crippen molar-refractivity contribution < 1.29 is 9.59 Å². The lowest BCUT2D eigenvalue weighted by atomic mass is 9.84. The van der Waals surface area contributed by atoms with Crippen LogP contribution in [0.3, 0.4) is 0 Å². The standard InChI is InChI=1S/C22H35N5O2/c1-26(2)19(28)16-24-21(23-15-12-18-10-6-5-7-11-18)25-17-22(13-8-9-14-22)20(29)27(3)4/h5-7,10-11H,8-9,12-17H2,1-4H3,(H2,23,24,25). The highest BCUT2D eigenvalue weighted by Gasteiger charge is 2.42. The third-order valence-corrected chi connectivity index (χ3v) is 5.43. The first-order valence-electron chi connectivity index (χ1n) is 10.3. The van der Waals surface area contributed by atoms with E-state index in [1.165, 1.54) is 10.5 Å². The van der Waals surface area contributed by atoms with Gasteiger partial charge in [0.15, 0.2) is 5.96 Å². The minimum absolute atomic E-state index is 0.0610. The molecule has 7 nitrogen and oxygen atoms in total. The molecule has 7 heteroatoms. The first-order chi connectivity index (χ1) is 13.8. The summed E-state index contributed by atoms with van der Waals surface area (Å²) >= 11 is 0. The zero-order valence-electron chi connectivity index (χ0n) is 18.2. The molecule has 0 radical (unpaired) electrons. The largest absolute Gasteiger partial charge is 0.356 e. The zero-order chi connectivity index (χ0) is 21.3. The van der Waals surface area contributed by atoms with Crippen molar-refractivity contribution in [3.8, 4) is 0 Å². The van der Waals surface area contributed by atoms with Crippen LogP contribution in [0.4, 0.5) is 0 Å². The Morgan fingerprint density at radius 3 is 2.24 bits per heavy atom. The molecule has 160 valence electrons. The summed E-state index contributed by atoms with van der Waals surface area (Å²) in [5, 5.41) is 6.65.